The molecular weight excluding hydrogens is 246 g/mol. The van der Waals surface area contributed by atoms with Crippen LogP contribution in [0, 0.1) is 11.8 Å². The molecular formula is C13H19N3O3. The molecule has 1 amide bonds. The molecule has 1 aromatic heterocycles. The Morgan fingerprint density at radius 2 is 2.16 bits per heavy atom. The number of nitrogens with one attached hydrogen (secondary N) is 1. The molecule has 2 unspecified atom stereocenters. The molecule has 2 rings (SSSR count). The quantitative estimate of drug-likeness (QED) is 0.828. The van der Waals surface area contributed by atoms with E-state index in [4.69, 9.17) is 5.11 Å². The van der Waals surface area contributed by atoms with Gasteiger partial charge in [0.15, 0.2) is 0 Å². The van der Waals surface area contributed by atoms with Gasteiger partial charge in [0.05, 0.1) is 12.2 Å². The van der Waals surface area contributed by atoms with Gasteiger partial charge in [0.2, 0.25) is 5.91 Å². The van der Waals surface area contributed by atoms with E-state index in [-0.39, 0.29) is 17.7 Å². The Labute approximate surface area is 111 Å². The number of aromatic nitrogens is 2. The van der Waals surface area contributed by atoms with E-state index in [1.807, 2.05) is 10.8 Å². The van der Waals surface area contributed by atoms with Gasteiger partial charge >= 0.3 is 5.97 Å². The Kier molecular flexibility index (Phi) is 4.54. The average Bonchev–Trinajstić information content (AvgIpc) is 2.92. The van der Waals surface area contributed by atoms with Crippen LogP contribution in [0.3, 0.4) is 0 Å². The molecule has 1 heterocycles. The Balaban J connectivity index is 1.74. The summed E-state index contributed by atoms with van der Waals surface area (Å²) < 4.78 is 1.89. The summed E-state index contributed by atoms with van der Waals surface area (Å²) in [5, 5.41) is 11.9. The minimum atomic E-state index is -0.782. The van der Waals surface area contributed by atoms with E-state index in [9.17, 15) is 9.59 Å². The van der Waals surface area contributed by atoms with Crippen molar-refractivity contribution in [2.45, 2.75) is 32.2 Å². The first-order chi connectivity index (χ1) is 9.16. The van der Waals surface area contributed by atoms with Crippen molar-refractivity contribution in [3.8, 4) is 0 Å². The monoisotopic (exact) mass is 265 g/mol. The molecule has 6 nitrogen and oxygen atoms in total. The number of hydrogen-bond donors (Lipinski definition) is 2. The second kappa shape index (κ2) is 6.36. The number of hydrogen-bond acceptors (Lipinski definition) is 3. The molecule has 0 saturated heterocycles. The topological polar surface area (TPSA) is 84.2 Å². The fourth-order valence-corrected chi connectivity index (χ4v) is 2.52. The van der Waals surface area contributed by atoms with Crippen LogP contribution in [0.5, 0.6) is 0 Å². The maximum Gasteiger partial charge on any atom is 0.306 e. The molecule has 1 saturated carbocycles. The van der Waals surface area contributed by atoms with E-state index >= 15 is 0 Å². The molecule has 0 spiro atoms. The van der Waals surface area contributed by atoms with Gasteiger partial charge in [-0.2, -0.15) is 0 Å². The van der Waals surface area contributed by atoms with E-state index in [0.717, 1.165) is 12.8 Å². The molecule has 0 aliphatic heterocycles. The third-order valence-corrected chi connectivity index (χ3v) is 3.62. The van der Waals surface area contributed by atoms with Crippen LogP contribution in [-0.2, 0) is 16.1 Å². The number of imidazole rings is 1. The number of nitrogens with zero attached hydrogens (tertiary/aromatic N) is 2. The third kappa shape index (κ3) is 3.81. The first-order valence-electron chi connectivity index (χ1n) is 6.63. The SMILES string of the molecule is O=C(O)C1CCCC(C(=O)NCCn2ccnc2)C1. The summed E-state index contributed by atoms with van der Waals surface area (Å²) in [6.45, 7) is 1.23. The second-order valence-electron chi connectivity index (χ2n) is 4.99. The molecule has 0 aromatic carbocycles. The minimum Gasteiger partial charge on any atom is -0.481 e. The number of carboxylic acids is 1. The van der Waals surface area contributed by atoms with E-state index in [0.29, 0.717) is 25.9 Å². The lowest BCUT2D eigenvalue weighted by atomic mass is 9.81. The number of carboxylic acid groups (broad SMARTS) is 1. The van der Waals surface area contributed by atoms with Gasteiger partial charge in [-0.05, 0) is 19.3 Å². The molecule has 2 atom stereocenters. The summed E-state index contributed by atoms with van der Waals surface area (Å²) in [5.74, 6) is -1.32. The first-order valence-corrected chi connectivity index (χ1v) is 6.63. The summed E-state index contributed by atoms with van der Waals surface area (Å²) in [6.07, 6.45) is 8.00. The highest BCUT2D eigenvalue weighted by Gasteiger charge is 2.30. The average molecular weight is 265 g/mol. The highest BCUT2D eigenvalue weighted by molar-refractivity contribution is 5.80. The van der Waals surface area contributed by atoms with Crippen LogP contribution in [0.4, 0.5) is 0 Å². The third-order valence-electron chi connectivity index (χ3n) is 3.62. The predicted molar refractivity (Wildman–Crippen MR) is 68.3 cm³/mol. The van der Waals surface area contributed by atoms with Crippen molar-refractivity contribution in [3.05, 3.63) is 18.7 Å². The van der Waals surface area contributed by atoms with Gasteiger partial charge in [0.25, 0.3) is 0 Å². The molecule has 2 N–H and O–H groups in total. The highest BCUT2D eigenvalue weighted by Crippen LogP contribution is 2.29. The van der Waals surface area contributed by atoms with Crippen LogP contribution in [0.2, 0.25) is 0 Å². The molecule has 0 radical (unpaired) electrons. The summed E-state index contributed by atoms with van der Waals surface area (Å²) >= 11 is 0. The summed E-state index contributed by atoms with van der Waals surface area (Å²) in [7, 11) is 0. The predicted octanol–water partition coefficient (Wildman–Crippen LogP) is 0.890. The molecule has 104 valence electrons. The van der Waals surface area contributed by atoms with Gasteiger partial charge in [0.1, 0.15) is 0 Å². The van der Waals surface area contributed by atoms with Crippen LogP contribution >= 0.6 is 0 Å². The summed E-state index contributed by atoms with van der Waals surface area (Å²) in [5.41, 5.74) is 0. The molecule has 19 heavy (non-hydrogen) atoms. The van der Waals surface area contributed by atoms with E-state index in [2.05, 4.69) is 10.3 Å². The Bertz CT molecular complexity index is 430. The molecule has 6 heteroatoms. The highest BCUT2D eigenvalue weighted by atomic mass is 16.4. The van der Waals surface area contributed by atoms with Gasteiger partial charge in [-0.15, -0.1) is 0 Å². The Hall–Kier alpha value is -1.85. The van der Waals surface area contributed by atoms with Crippen molar-refractivity contribution in [3.63, 3.8) is 0 Å². The maximum atomic E-state index is 12.0. The Morgan fingerprint density at radius 1 is 1.37 bits per heavy atom. The van der Waals surface area contributed by atoms with E-state index in [1.54, 1.807) is 12.5 Å². The lowest BCUT2D eigenvalue weighted by molar-refractivity contribution is -0.144. The number of carbonyl (C=O) groups is 2. The van der Waals surface area contributed by atoms with E-state index in [1.165, 1.54) is 0 Å². The summed E-state index contributed by atoms with van der Waals surface area (Å²) in [6, 6.07) is 0. The van der Waals surface area contributed by atoms with Gasteiger partial charge in [0, 0.05) is 31.4 Å². The van der Waals surface area contributed by atoms with Crippen LogP contribution in [0.25, 0.3) is 0 Å². The smallest absolute Gasteiger partial charge is 0.306 e. The summed E-state index contributed by atoms with van der Waals surface area (Å²) in [4.78, 5) is 26.8. The maximum absolute atomic E-state index is 12.0. The lowest BCUT2D eigenvalue weighted by Crippen LogP contribution is -2.36. The van der Waals surface area contributed by atoms with Gasteiger partial charge in [-0.25, -0.2) is 4.98 Å². The fraction of sp³-hybridized carbons (Fsp3) is 0.615. The second-order valence-corrected chi connectivity index (χ2v) is 4.99. The largest absolute Gasteiger partial charge is 0.481 e. The molecule has 1 aliphatic rings. The van der Waals surface area contributed by atoms with Crippen LogP contribution in [-0.4, -0.2) is 33.1 Å². The van der Waals surface area contributed by atoms with Crippen LogP contribution in [0.15, 0.2) is 18.7 Å². The lowest BCUT2D eigenvalue weighted by Gasteiger charge is -2.25. The molecule has 1 aromatic rings. The van der Waals surface area contributed by atoms with Gasteiger partial charge in [-0.3, -0.25) is 9.59 Å². The zero-order chi connectivity index (χ0) is 13.7. The molecule has 1 aliphatic carbocycles. The van der Waals surface area contributed by atoms with Crippen LogP contribution in [0.1, 0.15) is 25.7 Å². The molecule has 0 bridgehead atoms. The Morgan fingerprint density at radius 3 is 2.84 bits per heavy atom. The number of rotatable bonds is 5. The number of amides is 1. The van der Waals surface area contributed by atoms with Gasteiger partial charge < -0.3 is 15.0 Å². The number of aliphatic carboxylic acids is 1. The fourth-order valence-electron chi connectivity index (χ4n) is 2.52. The molecule has 1 fully saturated rings. The van der Waals surface area contributed by atoms with Crippen molar-refractivity contribution < 1.29 is 14.7 Å². The van der Waals surface area contributed by atoms with Crippen molar-refractivity contribution in [2.75, 3.05) is 6.54 Å². The van der Waals surface area contributed by atoms with Crippen molar-refractivity contribution >= 4 is 11.9 Å². The van der Waals surface area contributed by atoms with Crippen molar-refractivity contribution in [1.29, 1.82) is 0 Å². The normalized spacial score (nSPS) is 22.9. The minimum absolute atomic E-state index is 0.0222. The van der Waals surface area contributed by atoms with Crippen molar-refractivity contribution in [1.82, 2.24) is 14.9 Å². The standard InChI is InChI=1S/C13H19N3O3/c17-12(15-5-7-16-6-4-14-9-16)10-2-1-3-11(8-10)13(18)19/h4,6,9-11H,1-3,5,7-8H2,(H,15,17)(H,18,19). The zero-order valence-corrected chi connectivity index (χ0v) is 10.8. The zero-order valence-electron chi connectivity index (χ0n) is 10.8. The van der Waals surface area contributed by atoms with Gasteiger partial charge in [-0.1, -0.05) is 6.42 Å². The number of carbonyl (C=O) groups excluding carboxylic acids is 1. The van der Waals surface area contributed by atoms with Crippen molar-refractivity contribution in [2.24, 2.45) is 11.8 Å². The van der Waals surface area contributed by atoms with E-state index < -0.39 is 5.97 Å². The first kappa shape index (κ1) is 13.6. The van der Waals surface area contributed by atoms with Crippen LogP contribution < -0.4 is 5.32 Å².